The van der Waals surface area contributed by atoms with Gasteiger partial charge in [0.2, 0.25) is 0 Å². The van der Waals surface area contributed by atoms with E-state index in [4.69, 9.17) is 9.15 Å². The molecule has 3 heterocycles. The van der Waals surface area contributed by atoms with Crippen molar-refractivity contribution in [3.05, 3.63) is 22.6 Å². The minimum atomic E-state index is -0.550. The number of hydrogen-bond acceptors (Lipinski definition) is 4. The lowest BCUT2D eigenvalue weighted by atomic mass is 9.86. The van der Waals surface area contributed by atoms with Crippen LogP contribution in [-0.2, 0) is 17.6 Å². The number of carbonyl (C=O) groups excluding carboxylic acids is 1. The van der Waals surface area contributed by atoms with Crippen LogP contribution in [0.4, 0.5) is 0 Å². The number of rotatable bonds is 1. The van der Waals surface area contributed by atoms with E-state index in [9.17, 15) is 9.90 Å². The fourth-order valence-corrected chi connectivity index (χ4v) is 4.47. The van der Waals surface area contributed by atoms with Crippen molar-refractivity contribution in [1.29, 1.82) is 0 Å². The van der Waals surface area contributed by atoms with Gasteiger partial charge >= 0.3 is 0 Å². The summed E-state index contributed by atoms with van der Waals surface area (Å²) in [5, 5.41) is 10.4. The summed E-state index contributed by atoms with van der Waals surface area (Å²) in [5.74, 6) is 1.80. The number of aliphatic hydroxyl groups excluding tert-OH is 1. The van der Waals surface area contributed by atoms with Crippen LogP contribution in [0.5, 0.6) is 0 Å². The number of piperidine rings is 1. The molecular formula is C18H25NO4. The zero-order valence-electron chi connectivity index (χ0n) is 13.8. The second-order valence-corrected chi connectivity index (χ2v) is 7.19. The molecule has 1 spiro atoms. The van der Waals surface area contributed by atoms with E-state index in [0.717, 1.165) is 61.2 Å². The molecule has 2 fully saturated rings. The van der Waals surface area contributed by atoms with Crippen LogP contribution >= 0.6 is 0 Å². The molecule has 1 aliphatic carbocycles. The summed E-state index contributed by atoms with van der Waals surface area (Å²) in [6.07, 6.45) is 6.05. The highest BCUT2D eigenvalue weighted by atomic mass is 16.5. The lowest BCUT2D eigenvalue weighted by molar-refractivity contribution is -0.124. The van der Waals surface area contributed by atoms with Gasteiger partial charge in [-0.1, -0.05) is 0 Å². The molecule has 1 aromatic heterocycles. The van der Waals surface area contributed by atoms with Crippen molar-refractivity contribution < 1.29 is 19.1 Å². The zero-order valence-corrected chi connectivity index (χ0v) is 13.8. The molecule has 2 saturated heterocycles. The number of amides is 1. The van der Waals surface area contributed by atoms with Crippen molar-refractivity contribution in [2.45, 2.75) is 63.6 Å². The van der Waals surface area contributed by atoms with Gasteiger partial charge < -0.3 is 19.2 Å². The molecule has 3 aliphatic rings. The summed E-state index contributed by atoms with van der Waals surface area (Å²) in [5.41, 5.74) is 1.33. The zero-order chi connectivity index (χ0) is 16.0. The van der Waals surface area contributed by atoms with E-state index in [1.165, 1.54) is 0 Å². The van der Waals surface area contributed by atoms with Crippen LogP contribution in [-0.4, -0.2) is 47.3 Å². The molecule has 126 valence electrons. The van der Waals surface area contributed by atoms with Crippen molar-refractivity contribution in [3.8, 4) is 0 Å². The Bertz CT molecular complexity index is 615. The summed E-state index contributed by atoms with van der Waals surface area (Å²) in [6, 6.07) is 0. The number of aryl methyl sites for hydroxylation is 2. The number of furan rings is 1. The van der Waals surface area contributed by atoms with Gasteiger partial charge in [-0.15, -0.1) is 0 Å². The summed E-state index contributed by atoms with van der Waals surface area (Å²) >= 11 is 0. The van der Waals surface area contributed by atoms with Crippen molar-refractivity contribution in [2.75, 3.05) is 19.7 Å². The third-order valence-corrected chi connectivity index (χ3v) is 5.72. The van der Waals surface area contributed by atoms with Gasteiger partial charge in [0.1, 0.15) is 17.1 Å². The molecule has 0 radical (unpaired) electrons. The van der Waals surface area contributed by atoms with Gasteiger partial charge in [0.25, 0.3) is 5.91 Å². The molecule has 1 aromatic rings. The third-order valence-electron chi connectivity index (χ3n) is 5.72. The Hall–Kier alpha value is -1.33. The molecule has 0 bridgehead atoms. The topological polar surface area (TPSA) is 62.9 Å². The van der Waals surface area contributed by atoms with E-state index < -0.39 is 11.7 Å². The molecule has 2 aliphatic heterocycles. The first-order valence-electron chi connectivity index (χ1n) is 8.83. The summed E-state index contributed by atoms with van der Waals surface area (Å²) in [6.45, 7) is 3.66. The minimum absolute atomic E-state index is 0.0520. The average Bonchev–Trinajstić information content (AvgIpc) is 3.14. The summed E-state index contributed by atoms with van der Waals surface area (Å²) in [4.78, 5) is 15.0. The SMILES string of the molecule is Cc1oc2c(c1C(=O)N1CC[C@H](O)[C@]3(CCCO3)C1)CCCC2. The fraction of sp³-hybridized carbons (Fsp3) is 0.722. The number of aliphatic hydroxyl groups is 1. The average molecular weight is 319 g/mol. The van der Waals surface area contributed by atoms with E-state index in [-0.39, 0.29) is 5.91 Å². The molecule has 4 rings (SSSR count). The van der Waals surface area contributed by atoms with Crippen LogP contribution in [0.15, 0.2) is 4.42 Å². The smallest absolute Gasteiger partial charge is 0.257 e. The maximum Gasteiger partial charge on any atom is 0.257 e. The van der Waals surface area contributed by atoms with Crippen molar-refractivity contribution >= 4 is 5.91 Å². The molecule has 23 heavy (non-hydrogen) atoms. The minimum Gasteiger partial charge on any atom is -0.465 e. The quantitative estimate of drug-likeness (QED) is 0.862. The molecule has 2 atom stereocenters. The second kappa shape index (κ2) is 5.64. The maximum atomic E-state index is 13.1. The molecule has 0 unspecified atom stereocenters. The molecular weight excluding hydrogens is 294 g/mol. The Morgan fingerprint density at radius 1 is 1.30 bits per heavy atom. The maximum absolute atomic E-state index is 13.1. The Kier molecular flexibility index (Phi) is 3.73. The van der Waals surface area contributed by atoms with Gasteiger partial charge in [0.05, 0.1) is 18.2 Å². The molecule has 1 N–H and O–H groups in total. The normalized spacial score (nSPS) is 30.7. The fourth-order valence-electron chi connectivity index (χ4n) is 4.47. The standard InChI is InChI=1S/C18H25NO4/c1-12-16(13-5-2-3-6-14(13)23-12)17(21)19-9-7-15(20)18(11-19)8-4-10-22-18/h15,20H,2-11H2,1H3/t15-,18-/m0/s1. The van der Waals surface area contributed by atoms with Crippen LogP contribution in [0.3, 0.4) is 0 Å². The lowest BCUT2D eigenvalue weighted by Gasteiger charge is -2.43. The van der Waals surface area contributed by atoms with Gasteiger partial charge in [0.15, 0.2) is 0 Å². The molecule has 0 aromatic carbocycles. The molecule has 5 heteroatoms. The number of hydrogen-bond donors (Lipinski definition) is 1. The van der Waals surface area contributed by atoms with Crippen molar-refractivity contribution in [3.63, 3.8) is 0 Å². The molecule has 1 amide bonds. The van der Waals surface area contributed by atoms with E-state index in [0.29, 0.717) is 26.1 Å². The first-order chi connectivity index (χ1) is 11.1. The third kappa shape index (κ3) is 2.41. The van der Waals surface area contributed by atoms with Gasteiger partial charge in [-0.05, 0) is 45.4 Å². The molecule has 5 nitrogen and oxygen atoms in total. The van der Waals surface area contributed by atoms with Gasteiger partial charge in [-0.25, -0.2) is 0 Å². The highest BCUT2D eigenvalue weighted by Crippen LogP contribution is 2.37. The van der Waals surface area contributed by atoms with E-state index in [1.54, 1.807) is 0 Å². The van der Waals surface area contributed by atoms with Crippen LogP contribution in [0.1, 0.15) is 59.5 Å². The van der Waals surface area contributed by atoms with Crippen LogP contribution in [0, 0.1) is 6.92 Å². The van der Waals surface area contributed by atoms with Crippen LogP contribution < -0.4 is 0 Å². The predicted octanol–water partition coefficient (Wildman–Crippen LogP) is 2.22. The van der Waals surface area contributed by atoms with E-state index >= 15 is 0 Å². The predicted molar refractivity (Wildman–Crippen MR) is 84.5 cm³/mol. The number of ether oxygens (including phenoxy) is 1. The van der Waals surface area contributed by atoms with E-state index in [2.05, 4.69) is 0 Å². The number of fused-ring (bicyclic) bond motifs is 1. The number of likely N-dealkylation sites (tertiary alicyclic amines) is 1. The summed E-state index contributed by atoms with van der Waals surface area (Å²) in [7, 11) is 0. The van der Waals surface area contributed by atoms with E-state index in [1.807, 2.05) is 11.8 Å². The highest BCUT2D eigenvalue weighted by molar-refractivity contribution is 5.97. The van der Waals surface area contributed by atoms with Crippen LogP contribution in [0.25, 0.3) is 0 Å². The lowest BCUT2D eigenvalue weighted by Crippen LogP contribution is -2.58. The highest BCUT2D eigenvalue weighted by Gasteiger charge is 2.47. The van der Waals surface area contributed by atoms with Crippen molar-refractivity contribution in [1.82, 2.24) is 4.90 Å². The van der Waals surface area contributed by atoms with Gasteiger partial charge in [-0.3, -0.25) is 4.79 Å². The van der Waals surface area contributed by atoms with Crippen LogP contribution in [0.2, 0.25) is 0 Å². The first kappa shape index (κ1) is 15.2. The Balaban J connectivity index is 1.61. The Morgan fingerprint density at radius 2 is 2.13 bits per heavy atom. The van der Waals surface area contributed by atoms with Crippen molar-refractivity contribution in [2.24, 2.45) is 0 Å². The summed E-state index contributed by atoms with van der Waals surface area (Å²) < 4.78 is 11.7. The van der Waals surface area contributed by atoms with Gasteiger partial charge in [-0.2, -0.15) is 0 Å². The first-order valence-corrected chi connectivity index (χ1v) is 8.83. The van der Waals surface area contributed by atoms with Gasteiger partial charge in [0, 0.05) is 25.1 Å². The number of nitrogens with zero attached hydrogens (tertiary/aromatic N) is 1. The largest absolute Gasteiger partial charge is 0.465 e. The monoisotopic (exact) mass is 319 g/mol. The Morgan fingerprint density at radius 3 is 2.91 bits per heavy atom. The second-order valence-electron chi connectivity index (χ2n) is 7.19. The Labute approximate surface area is 136 Å². The number of carbonyl (C=O) groups is 1. The molecule has 0 saturated carbocycles.